The maximum Gasteiger partial charge on any atom is 0.407 e. The number of carbonyl (C=O) groups excluding carboxylic acids is 2. The van der Waals surface area contributed by atoms with Crippen molar-refractivity contribution in [2.45, 2.75) is 57.5 Å². The van der Waals surface area contributed by atoms with Crippen LogP contribution >= 0.6 is 0 Å². The van der Waals surface area contributed by atoms with Crippen LogP contribution in [-0.2, 0) is 22.4 Å². The second-order valence-corrected chi connectivity index (χ2v) is 10.8. The summed E-state index contributed by atoms with van der Waals surface area (Å²) in [6.45, 7) is 2.29. The fourth-order valence-corrected chi connectivity index (χ4v) is 5.66. The molecule has 2 amide bonds. The third-order valence-electron chi connectivity index (χ3n) is 7.90. The maximum atomic E-state index is 11.9. The van der Waals surface area contributed by atoms with Gasteiger partial charge < -0.3 is 35.2 Å². The van der Waals surface area contributed by atoms with E-state index in [1.807, 2.05) is 18.2 Å². The summed E-state index contributed by atoms with van der Waals surface area (Å²) in [6.07, 6.45) is 8.09. The Kier molecular flexibility index (Phi) is 11.4. The maximum absolute atomic E-state index is 11.9. The van der Waals surface area contributed by atoms with Crippen LogP contribution < -0.4 is 15.4 Å². The lowest BCUT2D eigenvalue weighted by molar-refractivity contribution is -0.118. The van der Waals surface area contributed by atoms with E-state index in [-0.39, 0.29) is 36.6 Å². The van der Waals surface area contributed by atoms with Gasteiger partial charge in [-0.3, -0.25) is 9.59 Å². The van der Waals surface area contributed by atoms with E-state index < -0.39 is 6.09 Å². The van der Waals surface area contributed by atoms with E-state index in [0.717, 1.165) is 36.8 Å². The molecule has 222 valence electrons. The fraction of sp³-hybridized carbons (Fsp3) is 0.516. The summed E-state index contributed by atoms with van der Waals surface area (Å²) in [5, 5.41) is 25.8. The van der Waals surface area contributed by atoms with Crippen molar-refractivity contribution in [2.75, 3.05) is 44.7 Å². The number of aldehydes is 1. The zero-order chi connectivity index (χ0) is 29.0. The predicted octanol–water partition coefficient (Wildman–Crippen LogP) is 4.25. The van der Waals surface area contributed by atoms with Gasteiger partial charge >= 0.3 is 6.09 Å². The molecule has 4 rings (SSSR count). The molecule has 10 nitrogen and oxygen atoms in total. The van der Waals surface area contributed by atoms with Crippen LogP contribution in [0.4, 0.5) is 10.5 Å². The predicted molar refractivity (Wildman–Crippen MR) is 155 cm³/mol. The number of carbonyl (C=O) groups is 3. The van der Waals surface area contributed by atoms with E-state index in [0.29, 0.717) is 43.3 Å². The first-order chi connectivity index (χ1) is 19.9. The third kappa shape index (κ3) is 8.93. The zero-order valence-corrected chi connectivity index (χ0v) is 23.5. The van der Waals surface area contributed by atoms with Crippen LogP contribution in [0, 0.1) is 5.92 Å². The number of hydrogen-bond donors (Lipinski definition) is 4. The van der Waals surface area contributed by atoms with Gasteiger partial charge in [0.15, 0.2) is 12.4 Å². The molecule has 1 atom stereocenters. The minimum atomic E-state index is -1.00. The molecule has 10 heteroatoms. The molecule has 2 aromatic carbocycles. The van der Waals surface area contributed by atoms with E-state index in [1.54, 1.807) is 12.1 Å². The van der Waals surface area contributed by atoms with Gasteiger partial charge in [0.25, 0.3) is 5.91 Å². The summed E-state index contributed by atoms with van der Waals surface area (Å²) in [7, 11) is 0. The molecule has 4 N–H and O–H groups in total. The molecular formula is C31H41N3O7. The summed E-state index contributed by atoms with van der Waals surface area (Å²) >= 11 is 0. The number of rotatable bonds is 15. The standard InChI is InChI=1S/C31H41N3O7/c35-20-23-6-4-5-22(19-23)13-18-40-27(24-7-2-1-3-8-24)11-14-32-15-17-34(31(38)39)16-12-25-9-10-26(36)29-30(25)41-21-28(37)33-29/h4-6,9-10,19-20,24,27,32,36H,1-3,7-8,11-18,21H2,(H,33,37)(H,38,39). The highest BCUT2D eigenvalue weighted by Gasteiger charge is 2.25. The van der Waals surface area contributed by atoms with Gasteiger partial charge in [0.2, 0.25) is 0 Å². The number of amides is 2. The Morgan fingerprint density at radius 1 is 1.15 bits per heavy atom. The molecule has 0 aromatic heterocycles. The number of aromatic hydroxyl groups is 1. The average molecular weight is 568 g/mol. The number of fused-ring (bicyclic) bond motifs is 1. The molecular weight excluding hydrogens is 526 g/mol. The highest BCUT2D eigenvalue weighted by Crippen LogP contribution is 2.39. The van der Waals surface area contributed by atoms with Crippen LogP contribution in [0.1, 0.15) is 60.0 Å². The molecule has 2 aromatic rings. The Morgan fingerprint density at radius 2 is 1.98 bits per heavy atom. The van der Waals surface area contributed by atoms with Gasteiger partial charge in [-0.15, -0.1) is 0 Å². The van der Waals surface area contributed by atoms with Gasteiger partial charge in [-0.25, -0.2) is 4.79 Å². The Bertz CT molecular complexity index is 1180. The van der Waals surface area contributed by atoms with Crippen molar-refractivity contribution in [2.24, 2.45) is 5.92 Å². The topological polar surface area (TPSA) is 137 Å². The number of nitrogens with zero attached hydrogens (tertiary/aromatic N) is 1. The molecule has 0 saturated heterocycles. The summed E-state index contributed by atoms with van der Waals surface area (Å²) < 4.78 is 11.9. The zero-order valence-electron chi connectivity index (χ0n) is 23.5. The summed E-state index contributed by atoms with van der Waals surface area (Å²) in [5.74, 6) is 0.492. The number of phenolic OH excluding ortho intramolecular Hbond substituents is 1. The van der Waals surface area contributed by atoms with Gasteiger partial charge in [0.05, 0.1) is 12.7 Å². The van der Waals surface area contributed by atoms with E-state index in [9.17, 15) is 24.6 Å². The Balaban J connectivity index is 1.23. The highest BCUT2D eigenvalue weighted by molar-refractivity contribution is 5.97. The second kappa shape index (κ2) is 15.4. The van der Waals surface area contributed by atoms with E-state index >= 15 is 0 Å². The molecule has 1 aliphatic carbocycles. The molecule has 0 radical (unpaired) electrons. The minimum Gasteiger partial charge on any atom is -0.506 e. The molecule has 1 saturated carbocycles. The fourth-order valence-electron chi connectivity index (χ4n) is 5.66. The van der Waals surface area contributed by atoms with Crippen LogP contribution in [0.25, 0.3) is 0 Å². The minimum absolute atomic E-state index is 0.0845. The van der Waals surface area contributed by atoms with Crippen molar-refractivity contribution in [3.63, 3.8) is 0 Å². The van der Waals surface area contributed by atoms with Gasteiger partial charge in [-0.05, 0) is 67.8 Å². The number of hydrogen-bond acceptors (Lipinski definition) is 7. The molecule has 1 fully saturated rings. The van der Waals surface area contributed by atoms with Crippen LogP contribution in [0.2, 0.25) is 0 Å². The normalized spacial score (nSPS) is 15.9. The largest absolute Gasteiger partial charge is 0.506 e. The van der Waals surface area contributed by atoms with E-state index in [1.165, 1.54) is 43.1 Å². The third-order valence-corrected chi connectivity index (χ3v) is 7.90. The SMILES string of the molecule is O=Cc1cccc(CCOC(CCNCCN(CCc2ccc(O)c3c2OCC(=O)N3)C(=O)O)C2CCCCC2)c1. The highest BCUT2D eigenvalue weighted by atomic mass is 16.5. The van der Waals surface area contributed by atoms with Crippen molar-refractivity contribution >= 4 is 24.0 Å². The molecule has 1 aliphatic heterocycles. The van der Waals surface area contributed by atoms with Crippen molar-refractivity contribution in [1.82, 2.24) is 10.2 Å². The monoisotopic (exact) mass is 567 g/mol. The van der Waals surface area contributed by atoms with Gasteiger partial charge in [-0.1, -0.05) is 43.5 Å². The number of carboxylic acid groups (broad SMARTS) is 1. The first kappa shape index (κ1) is 30.3. The van der Waals surface area contributed by atoms with Gasteiger partial charge in [-0.2, -0.15) is 0 Å². The quantitative estimate of drug-likeness (QED) is 0.142. The Hall–Kier alpha value is -3.63. The average Bonchev–Trinajstić information content (AvgIpc) is 2.99. The van der Waals surface area contributed by atoms with Crippen LogP contribution in [0.5, 0.6) is 11.5 Å². The number of anilines is 1. The Morgan fingerprint density at radius 3 is 2.76 bits per heavy atom. The van der Waals surface area contributed by atoms with Crippen LogP contribution in [0.15, 0.2) is 36.4 Å². The summed E-state index contributed by atoms with van der Waals surface area (Å²) in [5.41, 5.74) is 2.72. The number of benzene rings is 2. The molecule has 0 spiro atoms. The lowest BCUT2D eigenvalue weighted by atomic mass is 9.84. The smallest absolute Gasteiger partial charge is 0.407 e. The van der Waals surface area contributed by atoms with Crippen molar-refractivity contribution in [3.05, 3.63) is 53.1 Å². The van der Waals surface area contributed by atoms with Crippen molar-refractivity contribution in [3.8, 4) is 11.5 Å². The summed E-state index contributed by atoms with van der Waals surface area (Å²) in [4.78, 5) is 35.9. The molecule has 0 bridgehead atoms. The lowest BCUT2D eigenvalue weighted by Gasteiger charge is -2.30. The Labute approximate surface area is 241 Å². The second-order valence-electron chi connectivity index (χ2n) is 10.8. The molecule has 1 unspecified atom stereocenters. The number of phenols is 1. The number of nitrogens with one attached hydrogen (secondary N) is 2. The van der Waals surface area contributed by atoms with Gasteiger partial charge in [0, 0.05) is 25.2 Å². The summed E-state index contributed by atoms with van der Waals surface area (Å²) in [6, 6.07) is 10.8. The van der Waals surface area contributed by atoms with Crippen molar-refractivity contribution in [1.29, 1.82) is 0 Å². The van der Waals surface area contributed by atoms with E-state index in [2.05, 4.69) is 10.6 Å². The van der Waals surface area contributed by atoms with E-state index in [4.69, 9.17) is 9.47 Å². The molecule has 2 aliphatic rings. The molecule has 1 heterocycles. The first-order valence-corrected chi connectivity index (χ1v) is 14.6. The van der Waals surface area contributed by atoms with Crippen LogP contribution in [0.3, 0.4) is 0 Å². The van der Waals surface area contributed by atoms with Crippen molar-refractivity contribution < 1.29 is 34.1 Å². The lowest BCUT2D eigenvalue weighted by Crippen LogP contribution is -2.38. The number of ether oxygens (including phenoxy) is 2. The molecule has 41 heavy (non-hydrogen) atoms. The van der Waals surface area contributed by atoms with Crippen LogP contribution in [-0.4, -0.2) is 78.9 Å². The first-order valence-electron chi connectivity index (χ1n) is 14.6. The van der Waals surface area contributed by atoms with Gasteiger partial charge in [0.1, 0.15) is 17.7 Å².